The third-order valence-electron chi connectivity index (χ3n) is 9.16. The van der Waals surface area contributed by atoms with Crippen molar-refractivity contribution < 1.29 is 9.90 Å². The Morgan fingerprint density at radius 3 is 2.40 bits per heavy atom. The van der Waals surface area contributed by atoms with Crippen LogP contribution in [0.25, 0.3) is 0 Å². The van der Waals surface area contributed by atoms with Crippen LogP contribution in [0, 0.1) is 40.4 Å². The van der Waals surface area contributed by atoms with Gasteiger partial charge in [-0.3, -0.25) is 4.79 Å². The Morgan fingerprint density at radius 1 is 0.960 bits per heavy atom. The van der Waals surface area contributed by atoms with Crippen molar-refractivity contribution in [2.24, 2.45) is 40.4 Å². The molecule has 0 amide bonds. The molecule has 0 spiro atoms. The van der Waals surface area contributed by atoms with Crippen LogP contribution >= 0.6 is 0 Å². The van der Waals surface area contributed by atoms with Crippen LogP contribution in [-0.4, -0.2) is 17.5 Å². The summed E-state index contributed by atoms with van der Waals surface area (Å²) in [5, 5.41) is 9.45. The van der Waals surface area contributed by atoms with E-state index in [1.165, 1.54) is 38.5 Å². The summed E-state index contributed by atoms with van der Waals surface area (Å²) >= 11 is 0. The van der Waals surface area contributed by atoms with Crippen LogP contribution in [0.5, 0.6) is 0 Å². The predicted octanol–water partition coefficient (Wildman–Crippen LogP) is 5.62. The van der Waals surface area contributed by atoms with Crippen LogP contribution in [0.3, 0.4) is 0 Å². The first kappa shape index (κ1) is 19.4. The molecule has 0 bridgehead atoms. The third kappa shape index (κ3) is 3.01. The van der Waals surface area contributed by atoms with Gasteiger partial charge in [0.05, 0.1) is 0 Å². The van der Waals surface area contributed by atoms with Gasteiger partial charge in [0, 0.05) is 19.4 Å². The molecule has 4 saturated carbocycles. The van der Waals surface area contributed by atoms with Crippen LogP contribution in [0.1, 0.15) is 91.9 Å². The summed E-state index contributed by atoms with van der Waals surface area (Å²) in [4.78, 5) is 11.9. The lowest BCUT2D eigenvalue weighted by molar-refractivity contribution is -0.139. The molecule has 4 rings (SSSR count). The van der Waals surface area contributed by atoms with Crippen molar-refractivity contribution in [1.29, 1.82) is 0 Å². The normalized spacial score (nSPS) is 48.7. The number of carbonyl (C=O) groups is 1. The van der Waals surface area contributed by atoms with E-state index in [4.69, 9.17) is 0 Å². The zero-order chi connectivity index (χ0) is 18.2. The minimum absolute atomic E-state index is 0.364. The highest BCUT2D eigenvalue weighted by Crippen LogP contribution is 2.67. The highest BCUT2D eigenvalue weighted by atomic mass is 16.3. The molecule has 4 aliphatic rings. The average Bonchev–Trinajstić information content (AvgIpc) is 2.94. The predicted molar refractivity (Wildman–Crippen MR) is 103 cm³/mol. The van der Waals surface area contributed by atoms with Crippen LogP contribution in [-0.2, 0) is 4.79 Å². The molecular weight excluding hydrogens is 308 g/mol. The zero-order valence-electron chi connectivity index (χ0n) is 17.0. The molecule has 0 aliphatic heterocycles. The number of carbonyl (C=O) groups excluding carboxylic acids is 1. The summed E-state index contributed by atoms with van der Waals surface area (Å²) < 4.78 is 0. The molecule has 1 N–H and O–H groups in total. The van der Waals surface area contributed by atoms with Crippen LogP contribution in [0.2, 0.25) is 0 Å². The number of fused-ring (bicyclic) bond motifs is 5. The summed E-state index contributed by atoms with van der Waals surface area (Å²) in [5.74, 6) is 4.58. The Labute approximate surface area is 155 Å². The van der Waals surface area contributed by atoms with E-state index in [9.17, 15) is 9.90 Å². The standard InChI is InChI=1S/C21H34O2.C2H6/c1-20-11-8-19-17(18(20)6-4-14(20)9-12-22)5-3-15-13-16(23)7-10-21(15,19)2;1-2/h14-15,17-19,22H,3-13H2,1-2H3;1-2H3/t14-,15?,17?,18?,19?,20-,21+;/m1./s1. The summed E-state index contributed by atoms with van der Waals surface area (Å²) in [5.41, 5.74) is 0.921. The van der Waals surface area contributed by atoms with Gasteiger partial charge in [-0.25, -0.2) is 0 Å². The number of rotatable bonds is 2. The lowest BCUT2D eigenvalue weighted by atomic mass is 9.44. The molecule has 25 heavy (non-hydrogen) atoms. The van der Waals surface area contributed by atoms with Crippen molar-refractivity contribution >= 4 is 5.78 Å². The quantitative estimate of drug-likeness (QED) is 0.703. The van der Waals surface area contributed by atoms with Crippen molar-refractivity contribution in [3.05, 3.63) is 0 Å². The summed E-state index contributed by atoms with van der Waals surface area (Å²) in [6.45, 7) is 9.44. The molecule has 144 valence electrons. The van der Waals surface area contributed by atoms with E-state index in [2.05, 4.69) is 13.8 Å². The van der Waals surface area contributed by atoms with Crippen LogP contribution in [0.4, 0.5) is 0 Å². The zero-order valence-corrected chi connectivity index (χ0v) is 17.0. The van der Waals surface area contributed by atoms with Crippen LogP contribution in [0.15, 0.2) is 0 Å². The highest BCUT2D eigenvalue weighted by Gasteiger charge is 2.59. The number of hydrogen-bond donors (Lipinski definition) is 1. The van der Waals surface area contributed by atoms with Gasteiger partial charge in [0.25, 0.3) is 0 Å². The fraction of sp³-hybridized carbons (Fsp3) is 0.957. The summed E-state index contributed by atoms with van der Waals surface area (Å²) in [6.07, 6.45) is 12.0. The van der Waals surface area contributed by atoms with Gasteiger partial charge >= 0.3 is 0 Å². The maximum absolute atomic E-state index is 11.9. The minimum atomic E-state index is 0.364. The first-order valence-corrected chi connectivity index (χ1v) is 11.1. The molecule has 2 heteroatoms. The molecule has 0 saturated heterocycles. The second-order valence-electron chi connectivity index (χ2n) is 9.73. The Bertz CT molecular complexity index is 486. The Hall–Kier alpha value is -0.370. The molecule has 4 fully saturated rings. The molecule has 2 nitrogen and oxygen atoms in total. The van der Waals surface area contributed by atoms with Gasteiger partial charge in [-0.2, -0.15) is 0 Å². The van der Waals surface area contributed by atoms with E-state index in [0.29, 0.717) is 29.1 Å². The minimum Gasteiger partial charge on any atom is -0.396 e. The molecule has 4 unspecified atom stereocenters. The van der Waals surface area contributed by atoms with E-state index in [0.717, 1.165) is 49.4 Å². The van der Waals surface area contributed by atoms with Crippen molar-refractivity contribution in [3.8, 4) is 0 Å². The van der Waals surface area contributed by atoms with E-state index >= 15 is 0 Å². The number of ketones is 1. The molecular formula is C23H40O2. The van der Waals surface area contributed by atoms with Crippen molar-refractivity contribution in [1.82, 2.24) is 0 Å². The summed E-state index contributed by atoms with van der Waals surface area (Å²) in [7, 11) is 0. The number of aliphatic hydroxyl groups excluding tert-OH is 1. The smallest absolute Gasteiger partial charge is 0.133 e. The van der Waals surface area contributed by atoms with Gasteiger partial charge < -0.3 is 5.11 Å². The van der Waals surface area contributed by atoms with E-state index in [1.807, 2.05) is 13.8 Å². The topological polar surface area (TPSA) is 37.3 Å². The molecule has 0 aromatic heterocycles. The molecule has 0 aromatic carbocycles. The number of hydrogen-bond acceptors (Lipinski definition) is 2. The lowest BCUT2D eigenvalue weighted by Gasteiger charge is -2.60. The lowest BCUT2D eigenvalue weighted by Crippen LogP contribution is -2.53. The first-order valence-electron chi connectivity index (χ1n) is 11.1. The highest BCUT2D eigenvalue weighted by molar-refractivity contribution is 5.79. The molecule has 7 atom stereocenters. The van der Waals surface area contributed by atoms with Gasteiger partial charge in [0.2, 0.25) is 0 Å². The maximum Gasteiger partial charge on any atom is 0.133 e. The van der Waals surface area contributed by atoms with Gasteiger partial charge in [0.15, 0.2) is 0 Å². The van der Waals surface area contributed by atoms with Gasteiger partial charge in [-0.15, -0.1) is 0 Å². The number of Topliss-reactive ketones (excluding diaryl/α,β-unsaturated/α-hetero) is 1. The van der Waals surface area contributed by atoms with E-state index in [1.54, 1.807) is 0 Å². The Morgan fingerprint density at radius 2 is 1.68 bits per heavy atom. The van der Waals surface area contributed by atoms with Crippen LogP contribution < -0.4 is 0 Å². The molecule has 0 aromatic rings. The molecule has 0 heterocycles. The summed E-state index contributed by atoms with van der Waals surface area (Å²) in [6, 6.07) is 0. The molecule has 4 aliphatic carbocycles. The second-order valence-corrected chi connectivity index (χ2v) is 9.73. The van der Waals surface area contributed by atoms with Gasteiger partial charge in [-0.05, 0) is 91.8 Å². The van der Waals surface area contributed by atoms with E-state index < -0.39 is 0 Å². The fourth-order valence-electron chi connectivity index (χ4n) is 7.78. The fourth-order valence-corrected chi connectivity index (χ4v) is 7.78. The van der Waals surface area contributed by atoms with Gasteiger partial charge in [0.1, 0.15) is 5.78 Å². The van der Waals surface area contributed by atoms with E-state index in [-0.39, 0.29) is 0 Å². The molecule has 0 radical (unpaired) electrons. The van der Waals surface area contributed by atoms with Crippen molar-refractivity contribution in [2.75, 3.05) is 6.61 Å². The third-order valence-corrected chi connectivity index (χ3v) is 9.16. The SMILES string of the molecule is CC.C[C@]12CCC(=O)CC1CCC1C2CC[C@@]2(C)C1CC[C@@H]2CCO. The first-order chi connectivity index (χ1) is 12.0. The maximum atomic E-state index is 11.9. The Kier molecular flexibility index (Phi) is 5.69. The average molecular weight is 349 g/mol. The number of aliphatic hydroxyl groups is 1. The largest absolute Gasteiger partial charge is 0.396 e. The monoisotopic (exact) mass is 348 g/mol. The second kappa shape index (κ2) is 7.33. The Balaban J connectivity index is 0.000000880. The van der Waals surface area contributed by atoms with Crippen molar-refractivity contribution in [2.45, 2.75) is 91.9 Å². The van der Waals surface area contributed by atoms with Crippen molar-refractivity contribution in [3.63, 3.8) is 0 Å². The van der Waals surface area contributed by atoms with Gasteiger partial charge in [-0.1, -0.05) is 27.7 Å².